The van der Waals surface area contributed by atoms with Crippen LogP contribution in [0, 0.1) is 0 Å². The van der Waals surface area contributed by atoms with Crippen molar-refractivity contribution in [1.29, 1.82) is 0 Å². The fourth-order valence-electron chi connectivity index (χ4n) is 2.85. The molecule has 0 aliphatic heterocycles. The second kappa shape index (κ2) is 11.3. The van der Waals surface area contributed by atoms with Crippen molar-refractivity contribution in [2.45, 2.75) is 51.4 Å². The topological polar surface area (TPSA) is 132 Å². The predicted molar refractivity (Wildman–Crippen MR) is 116 cm³/mol. The first kappa shape index (κ1) is 24.9. The molecule has 2 rings (SSSR count). The minimum atomic E-state index is -1.26. The SMILES string of the molecule is COC(=O)[C@H](CO)NC(=O)[C@H](Cc1cn(Cc2ccccc2)cn1)NC(=O)OC(C)(C)C. The number of aromatic nitrogens is 2. The monoisotopic (exact) mass is 446 g/mol. The van der Waals surface area contributed by atoms with Gasteiger partial charge in [-0.05, 0) is 26.3 Å². The summed E-state index contributed by atoms with van der Waals surface area (Å²) in [5.41, 5.74) is 0.874. The molecule has 0 unspecified atom stereocenters. The molecule has 174 valence electrons. The summed E-state index contributed by atoms with van der Waals surface area (Å²) < 4.78 is 11.7. The predicted octanol–water partition coefficient (Wildman–Crippen LogP) is 1.02. The summed E-state index contributed by atoms with van der Waals surface area (Å²) in [6.45, 7) is 5.05. The zero-order chi connectivity index (χ0) is 23.7. The van der Waals surface area contributed by atoms with Gasteiger partial charge in [-0.25, -0.2) is 14.6 Å². The number of aliphatic hydroxyl groups excluding tert-OH is 1. The molecule has 1 aromatic heterocycles. The van der Waals surface area contributed by atoms with E-state index in [4.69, 9.17) is 4.74 Å². The number of imidazole rings is 1. The number of nitrogens with zero attached hydrogens (tertiary/aromatic N) is 2. The molecule has 32 heavy (non-hydrogen) atoms. The van der Waals surface area contributed by atoms with Gasteiger partial charge in [-0.3, -0.25) is 4.79 Å². The molecule has 0 saturated heterocycles. The van der Waals surface area contributed by atoms with E-state index in [1.54, 1.807) is 33.3 Å². The van der Waals surface area contributed by atoms with E-state index < -0.39 is 42.3 Å². The molecule has 0 radical (unpaired) electrons. The van der Waals surface area contributed by atoms with Crippen LogP contribution in [0.5, 0.6) is 0 Å². The van der Waals surface area contributed by atoms with Crippen LogP contribution in [0.4, 0.5) is 4.79 Å². The van der Waals surface area contributed by atoms with E-state index in [1.807, 2.05) is 34.9 Å². The van der Waals surface area contributed by atoms with Crippen molar-refractivity contribution >= 4 is 18.0 Å². The molecule has 0 bridgehead atoms. The summed E-state index contributed by atoms with van der Waals surface area (Å²) in [7, 11) is 1.15. The first-order chi connectivity index (χ1) is 15.1. The molecule has 0 fully saturated rings. The van der Waals surface area contributed by atoms with Crippen molar-refractivity contribution in [2.75, 3.05) is 13.7 Å². The third kappa shape index (κ3) is 8.03. The third-order valence-corrected chi connectivity index (χ3v) is 4.30. The van der Waals surface area contributed by atoms with E-state index >= 15 is 0 Å². The van der Waals surface area contributed by atoms with Gasteiger partial charge in [-0.2, -0.15) is 0 Å². The number of amides is 2. The molecule has 10 nitrogen and oxygen atoms in total. The maximum atomic E-state index is 12.8. The van der Waals surface area contributed by atoms with Gasteiger partial charge in [0.25, 0.3) is 0 Å². The molecule has 1 aromatic carbocycles. The van der Waals surface area contributed by atoms with Crippen molar-refractivity contribution in [3.63, 3.8) is 0 Å². The van der Waals surface area contributed by atoms with Crippen LogP contribution in [0.15, 0.2) is 42.9 Å². The average Bonchev–Trinajstić information content (AvgIpc) is 3.16. The molecule has 10 heteroatoms. The molecular weight excluding hydrogens is 416 g/mol. The Balaban J connectivity index is 2.14. The number of nitrogens with one attached hydrogen (secondary N) is 2. The normalized spacial score (nSPS) is 13.0. The van der Waals surface area contributed by atoms with Gasteiger partial charge in [0.05, 0.1) is 25.7 Å². The Hall–Kier alpha value is -3.40. The van der Waals surface area contributed by atoms with Gasteiger partial charge in [0.2, 0.25) is 5.91 Å². The number of rotatable bonds is 9. The molecule has 0 aliphatic rings. The second-order valence-corrected chi connectivity index (χ2v) is 8.19. The van der Waals surface area contributed by atoms with Crippen LogP contribution in [-0.4, -0.2) is 64.0 Å². The van der Waals surface area contributed by atoms with Crippen molar-refractivity contribution in [3.8, 4) is 0 Å². The van der Waals surface area contributed by atoms with Gasteiger partial charge in [0, 0.05) is 19.2 Å². The molecule has 0 saturated carbocycles. The van der Waals surface area contributed by atoms with Gasteiger partial charge >= 0.3 is 12.1 Å². The minimum Gasteiger partial charge on any atom is -0.467 e. The number of carbonyl (C=O) groups excluding carboxylic acids is 3. The summed E-state index contributed by atoms with van der Waals surface area (Å²) in [5.74, 6) is -1.48. The zero-order valence-corrected chi connectivity index (χ0v) is 18.7. The van der Waals surface area contributed by atoms with Crippen LogP contribution >= 0.6 is 0 Å². The molecule has 3 N–H and O–H groups in total. The first-order valence-electron chi connectivity index (χ1n) is 10.1. The van der Waals surface area contributed by atoms with Gasteiger partial charge in [0.15, 0.2) is 6.04 Å². The summed E-state index contributed by atoms with van der Waals surface area (Å²) in [6, 6.07) is 7.44. The second-order valence-electron chi connectivity index (χ2n) is 8.19. The maximum absolute atomic E-state index is 12.8. The van der Waals surface area contributed by atoms with E-state index in [0.717, 1.165) is 12.7 Å². The molecule has 2 atom stereocenters. The highest BCUT2D eigenvalue weighted by Crippen LogP contribution is 2.09. The number of benzene rings is 1. The number of hydrogen-bond acceptors (Lipinski definition) is 7. The number of carbonyl (C=O) groups is 3. The average molecular weight is 447 g/mol. The Morgan fingerprint density at radius 2 is 1.81 bits per heavy atom. The smallest absolute Gasteiger partial charge is 0.408 e. The Bertz CT molecular complexity index is 907. The van der Waals surface area contributed by atoms with Crippen molar-refractivity contribution in [1.82, 2.24) is 20.2 Å². The molecule has 0 aliphatic carbocycles. The fourth-order valence-corrected chi connectivity index (χ4v) is 2.85. The molecule has 0 spiro atoms. The Kier molecular flexibility index (Phi) is 8.77. The lowest BCUT2D eigenvalue weighted by Gasteiger charge is -2.24. The summed E-state index contributed by atoms with van der Waals surface area (Å²) >= 11 is 0. The van der Waals surface area contributed by atoms with Crippen LogP contribution in [0.3, 0.4) is 0 Å². The first-order valence-corrected chi connectivity index (χ1v) is 10.1. The Labute approximate surface area is 186 Å². The number of aliphatic hydroxyl groups is 1. The summed E-state index contributed by atoms with van der Waals surface area (Å²) in [6.07, 6.45) is 2.66. The summed E-state index contributed by atoms with van der Waals surface area (Å²) in [4.78, 5) is 41.1. The number of esters is 1. The van der Waals surface area contributed by atoms with Gasteiger partial charge in [-0.15, -0.1) is 0 Å². The Morgan fingerprint density at radius 3 is 2.41 bits per heavy atom. The van der Waals surface area contributed by atoms with E-state index in [-0.39, 0.29) is 6.42 Å². The lowest BCUT2D eigenvalue weighted by Crippen LogP contribution is -2.54. The third-order valence-electron chi connectivity index (χ3n) is 4.30. The highest BCUT2D eigenvalue weighted by atomic mass is 16.6. The Morgan fingerprint density at radius 1 is 1.12 bits per heavy atom. The van der Waals surface area contributed by atoms with E-state index in [1.165, 1.54) is 0 Å². The van der Waals surface area contributed by atoms with Crippen LogP contribution in [0.1, 0.15) is 32.0 Å². The van der Waals surface area contributed by atoms with Crippen LogP contribution < -0.4 is 10.6 Å². The van der Waals surface area contributed by atoms with Gasteiger partial charge < -0.3 is 29.8 Å². The molecule has 2 amide bonds. The lowest BCUT2D eigenvalue weighted by molar-refractivity contribution is -0.146. The van der Waals surface area contributed by atoms with E-state index in [9.17, 15) is 19.5 Å². The van der Waals surface area contributed by atoms with Crippen LogP contribution in [0.25, 0.3) is 0 Å². The fraction of sp³-hybridized carbons (Fsp3) is 0.455. The highest BCUT2D eigenvalue weighted by molar-refractivity contribution is 5.89. The van der Waals surface area contributed by atoms with Crippen molar-refractivity contribution in [3.05, 3.63) is 54.1 Å². The van der Waals surface area contributed by atoms with Crippen molar-refractivity contribution < 1.29 is 29.0 Å². The van der Waals surface area contributed by atoms with Crippen molar-refractivity contribution in [2.24, 2.45) is 0 Å². The van der Waals surface area contributed by atoms with Gasteiger partial charge in [-0.1, -0.05) is 30.3 Å². The molecule has 2 aromatic rings. The number of alkyl carbamates (subject to hydrolysis) is 1. The largest absolute Gasteiger partial charge is 0.467 e. The number of methoxy groups -OCH3 is 1. The number of hydrogen-bond donors (Lipinski definition) is 3. The quantitative estimate of drug-likeness (QED) is 0.490. The van der Waals surface area contributed by atoms with E-state index in [0.29, 0.717) is 12.2 Å². The standard InChI is InChI=1S/C22H30N4O6/c1-22(2,3)32-21(30)25-17(19(28)24-18(13-27)20(29)31-4)10-16-12-26(14-23-16)11-15-8-6-5-7-9-15/h5-9,12,14,17-18,27H,10-11,13H2,1-4H3,(H,24,28)(H,25,30)/t17-,18-/m0/s1. The van der Waals surface area contributed by atoms with Crippen LogP contribution in [-0.2, 0) is 32.0 Å². The maximum Gasteiger partial charge on any atom is 0.408 e. The van der Waals surface area contributed by atoms with E-state index in [2.05, 4.69) is 20.4 Å². The number of ether oxygens (including phenoxy) is 2. The molecular formula is C22H30N4O6. The minimum absolute atomic E-state index is 0.0478. The lowest BCUT2D eigenvalue weighted by atomic mass is 10.1. The molecule has 1 heterocycles. The highest BCUT2D eigenvalue weighted by Gasteiger charge is 2.29. The summed E-state index contributed by atoms with van der Waals surface area (Å²) in [5, 5.41) is 14.3. The van der Waals surface area contributed by atoms with Crippen LogP contribution in [0.2, 0.25) is 0 Å². The van der Waals surface area contributed by atoms with Gasteiger partial charge in [0.1, 0.15) is 11.6 Å². The zero-order valence-electron chi connectivity index (χ0n) is 18.7.